The first kappa shape index (κ1) is 26.3. The molecule has 179 valence electrons. The van der Waals surface area contributed by atoms with Gasteiger partial charge >= 0.3 is 134 Å². The maximum atomic E-state index is 4.68. The molecule has 2 fully saturated rings. The molecular formula is C28H39B6N2. The topological polar surface area (TPSA) is 28.7 Å². The van der Waals surface area contributed by atoms with Crippen LogP contribution in [0.5, 0.6) is 0 Å². The maximum absolute atomic E-state index is 4.68. The van der Waals surface area contributed by atoms with Gasteiger partial charge < -0.3 is 0 Å². The van der Waals surface area contributed by atoms with Crippen molar-refractivity contribution < 1.29 is 0 Å². The Hall–Kier alpha value is -1.31. The molecule has 0 spiro atoms. The number of aromatic nitrogens is 2. The van der Waals surface area contributed by atoms with Gasteiger partial charge in [-0.25, -0.2) is 0 Å². The Morgan fingerprint density at radius 3 is 1.89 bits per heavy atom. The van der Waals surface area contributed by atoms with E-state index in [1.807, 2.05) is 12.7 Å². The molecule has 2 aliphatic carbocycles. The summed E-state index contributed by atoms with van der Waals surface area (Å²) in [6.45, 7) is 6.17. The molecular weight excluding hydrogens is 429 g/mol. The van der Waals surface area contributed by atoms with Gasteiger partial charge in [-0.15, -0.1) is 0 Å². The van der Waals surface area contributed by atoms with Crippen molar-refractivity contribution in [3.63, 3.8) is 0 Å². The molecule has 0 atom stereocenters. The minimum atomic E-state index is 0.723. The van der Waals surface area contributed by atoms with E-state index in [2.05, 4.69) is 69.8 Å². The van der Waals surface area contributed by atoms with E-state index < -0.39 is 0 Å². The Kier molecular flexibility index (Phi) is 10.2. The minimum absolute atomic E-state index is 0.723. The first-order valence-corrected chi connectivity index (χ1v) is 14.9. The van der Waals surface area contributed by atoms with Crippen LogP contribution >= 0.6 is 0 Å². The predicted octanol–water partition coefficient (Wildman–Crippen LogP) is 4.51. The molecule has 1 N–H and O–H groups in total. The molecule has 2 aliphatic rings. The number of imidazole rings is 1. The van der Waals surface area contributed by atoms with Crippen molar-refractivity contribution in [2.75, 3.05) is 0 Å². The first-order chi connectivity index (χ1) is 17.8. The molecule has 3 aromatic rings. The number of rotatable bonds is 6. The quantitative estimate of drug-likeness (QED) is 0.530. The Morgan fingerprint density at radius 2 is 1.25 bits per heavy atom. The van der Waals surface area contributed by atoms with Crippen LogP contribution < -0.4 is 16.6 Å². The van der Waals surface area contributed by atoms with Crippen LogP contribution in [-0.2, 0) is 0 Å². The summed E-state index contributed by atoms with van der Waals surface area (Å²) in [6, 6.07) is 9.03. The zero-order valence-corrected chi connectivity index (χ0v) is 22.1. The van der Waals surface area contributed by atoms with Crippen LogP contribution in [0, 0.1) is 0 Å². The van der Waals surface area contributed by atoms with Crippen LogP contribution in [0.3, 0.4) is 0 Å². The van der Waals surface area contributed by atoms with Crippen molar-refractivity contribution in [1.29, 1.82) is 0 Å². The van der Waals surface area contributed by atoms with Gasteiger partial charge in [0.2, 0.25) is 0 Å². The van der Waals surface area contributed by atoms with E-state index in [-0.39, 0.29) is 0 Å². The summed E-state index contributed by atoms with van der Waals surface area (Å²) in [7, 11) is 7.50. The molecule has 8 heteroatoms. The van der Waals surface area contributed by atoms with Crippen LogP contribution in [-0.4, -0.2) is 52.3 Å². The van der Waals surface area contributed by atoms with E-state index in [9.17, 15) is 0 Å². The van der Waals surface area contributed by atoms with E-state index in [1.54, 1.807) is 0 Å². The van der Waals surface area contributed by atoms with Gasteiger partial charge in [-0.05, 0) is 0 Å². The molecule has 3 radical (unpaired) electrons. The second kappa shape index (κ2) is 14.0. The second-order valence-electron chi connectivity index (χ2n) is 11.5. The molecule has 2 heterocycles. The Morgan fingerprint density at radius 1 is 0.694 bits per heavy atom. The molecule has 0 amide bonds. The normalized spacial score (nSPS) is 22.6. The number of H-pyrrole nitrogens is 1. The van der Waals surface area contributed by atoms with E-state index in [0.717, 1.165) is 34.0 Å². The van der Waals surface area contributed by atoms with Gasteiger partial charge in [-0.2, -0.15) is 0 Å². The van der Waals surface area contributed by atoms with Gasteiger partial charge in [-0.3, -0.25) is 0 Å². The third kappa shape index (κ3) is 8.09. The third-order valence-corrected chi connectivity index (χ3v) is 8.57. The molecule has 1 aromatic carbocycles. The Bertz CT molecular complexity index is 1000. The summed E-state index contributed by atoms with van der Waals surface area (Å²) < 4.78 is 0. The number of hydrogen-bond acceptors (Lipinski definition) is 1. The second-order valence-corrected chi connectivity index (χ2v) is 11.5. The number of hydrogen-bond donors (Lipinski definition) is 1. The van der Waals surface area contributed by atoms with Gasteiger partial charge in [0, 0.05) is 0 Å². The summed E-state index contributed by atoms with van der Waals surface area (Å²) in [5.74, 6) is 4.56. The van der Waals surface area contributed by atoms with Crippen LogP contribution in [0.4, 0.5) is 0 Å². The van der Waals surface area contributed by atoms with Gasteiger partial charge in [0.05, 0.1) is 0 Å². The van der Waals surface area contributed by atoms with Crippen molar-refractivity contribution in [2.24, 2.45) is 0 Å². The number of aromatic amines is 1. The molecule has 36 heavy (non-hydrogen) atoms. The molecule has 0 aliphatic heterocycles. The fourth-order valence-electron chi connectivity index (χ4n) is 6.51. The molecule has 2 nitrogen and oxygen atoms in total. The molecule has 0 unspecified atom stereocenters. The van der Waals surface area contributed by atoms with Crippen LogP contribution in [0.1, 0.15) is 96.3 Å². The number of nitrogens with one attached hydrogen (secondary N) is 1. The van der Waals surface area contributed by atoms with E-state index >= 15 is 0 Å². The number of nitrogens with zero attached hydrogens (tertiary/aromatic N) is 1. The SMILES string of the molecule is [B](c1ccc([B]C2CCCCC([B]C3CCCCCCC3)CCCC2)cc1)c1nc2bbcbc2[nH]1. The average Bonchev–Trinajstić information content (AvgIpc) is 3.29. The third-order valence-electron chi connectivity index (χ3n) is 8.57. The van der Waals surface area contributed by atoms with Crippen LogP contribution in [0.2, 0.25) is 17.5 Å². The van der Waals surface area contributed by atoms with E-state index in [1.165, 1.54) is 107 Å². The molecule has 0 bridgehead atoms. The summed E-state index contributed by atoms with van der Waals surface area (Å²) in [5.41, 5.74) is 5.60. The van der Waals surface area contributed by atoms with Gasteiger partial charge in [-0.1, -0.05) is 82.3 Å². The van der Waals surface area contributed by atoms with Crippen LogP contribution in [0.25, 0.3) is 10.8 Å². The van der Waals surface area contributed by atoms with E-state index in [0.29, 0.717) is 0 Å². The fraction of sp³-hybridized carbons (Fsp3) is 0.643. The Balaban J connectivity index is 1.07. The Labute approximate surface area is 223 Å². The monoisotopic (exact) mass is 469 g/mol. The van der Waals surface area contributed by atoms with E-state index in [4.69, 9.17) is 0 Å². The van der Waals surface area contributed by atoms with Crippen molar-refractivity contribution in [3.05, 3.63) is 30.1 Å². The predicted molar refractivity (Wildman–Crippen MR) is 163 cm³/mol. The summed E-state index contributed by atoms with van der Waals surface area (Å²) in [6.07, 6.45) is 21.4. The van der Waals surface area contributed by atoms with Gasteiger partial charge in [0.1, 0.15) is 7.28 Å². The number of benzene rings is 1. The molecule has 2 saturated carbocycles. The standard InChI is InChI=1S/C28H39B6N2/c1-2-4-10-21(11-5-3-1)31-22-12-6-8-14-23(15-9-7-13-22)32-24-16-18-25(19-17-24)33-28-35-26-27(36-28)34-30-20-29-26/h16-23H,1-15H2,(H,35,36). The van der Waals surface area contributed by atoms with Gasteiger partial charge in [0.25, 0.3) is 0 Å². The average molecular weight is 469 g/mol. The number of fused-ring (bicyclic) bond motifs is 1. The van der Waals surface area contributed by atoms with Crippen molar-refractivity contribution in [2.45, 2.75) is 114 Å². The van der Waals surface area contributed by atoms with Crippen molar-refractivity contribution in [1.82, 2.24) is 9.97 Å². The summed E-state index contributed by atoms with van der Waals surface area (Å²) in [5, 5.41) is 0. The van der Waals surface area contributed by atoms with Crippen molar-refractivity contribution >= 4 is 69.8 Å². The zero-order valence-electron chi connectivity index (χ0n) is 22.1. The molecule has 0 saturated heterocycles. The molecule has 5 rings (SSSR count). The van der Waals surface area contributed by atoms with Crippen LogP contribution in [0.15, 0.2) is 30.1 Å². The summed E-state index contributed by atoms with van der Waals surface area (Å²) >= 11 is 0. The summed E-state index contributed by atoms with van der Waals surface area (Å²) in [4.78, 5) is 8.09. The van der Waals surface area contributed by atoms with Gasteiger partial charge in [0.15, 0.2) is 0 Å². The first-order valence-electron chi connectivity index (χ1n) is 14.9. The van der Waals surface area contributed by atoms with Crippen molar-refractivity contribution in [3.8, 4) is 0 Å². The zero-order chi connectivity index (χ0) is 24.4. The fourth-order valence-corrected chi connectivity index (χ4v) is 6.51. The molecule has 2 aromatic heterocycles.